The Morgan fingerprint density at radius 2 is 2.39 bits per heavy atom. The molecule has 0 saturated carbocycles. The molecule has 1 aromatic heterocycles. The van der Waals surface area contributed by atoms with Gasteiger partial charge >= 0.3 is 0 Å². The molecule has 1 aromatic rings. The smallest absolute Gasteiger partial charge is 0.208 e. The standard InChI is InChI=1S/C14H25N3O/c1-11(2)6-15-8-13-4-5-17(9-13)10-14-16-7-12(3)18-14/h7,11,13,15H,4-6,8-10H2,1-3H3. The highest BCUT2D eigenvalue weighted by Gasteiger charge is 2.23. The number of aromatic nitrogens is 1. The first-order chi connectivity index (χ1) is 8.63. The monoisotopic (exact) mass is 251 g/mol. The van der Waals surface area contributed by atoms with Gasteiger partial charge in [-0.15, -0.1) is 0 Å². The van der Waals surface area contributed by atoms with Crippen LogP contribution in [0.2, 0.25) is 0 Å². The summed E-state index contributed by atoms with van der Waals surface area (Å²) in [5.74, 6) is 3.26. The van der Waals surface area contributed by atoms with E-state index < -0.39 is 0 Å². The molecular formula is C14H25N3O. The van der Waals surface area contributed by atoms with Crippen molar-refractivity contribution >= 4 is 0 Å². The lowest BCUT2D eigenvalue weighted by Gasteiger charge is -2.15. The van der Waals surface area contributed by atoms with Crippen LogP contribution in [0.5, 0.6) is 0 Å². The summed E-state index contributed by atoms with van der Waals surface area (Å²) in [4.78, 5) is 6.70. The quantitative estimate of drug-likeness (QED) is 0.840. The summed E-state index contributed by atoms with van der Waals surface area (Å²) in [5.41, 5.74) is 0. The third-order valence-electron chi connectivity index (χ3n) is 3.38. The molecule has 0 radical (unpaired) electrons. The molecule has 1 aliphatic heterocycles. The van der Waals surface area contributed by atoms with Crippen molar-refractivity contribution in [2.75, 3.05) is 26.2 Å². The maximum Gasteiger partial charge on any atom is 0.208 e. The van der Waals surface area contributed by atoms with Gasteiger partial charge in [-0.25, -0.2) is 4.98 Å². The number of oxazole rings is 1. The van der Waals surface area contributed by atoms with E-state index in [0.717, 1.165) is 56.2 Å². The summed E-state index contributed by atoms with van der Waals surface area (Å²) in [6.07, 6.45) is 3.08. The topological polar surface area (TPSA) is 41.3 Å². The van der Waals surface area contributed by atoms with Crippen molar-refractivity contribution in [3.63, 3.8) is 0 Å². The fourth-order valence-electron chi connectivity index (χ4n) is 2.47. The van der Waals surface area contributed by atoms with E-state index in [9.17, 15) is 0 Å². The van der Waals surface area contributed by atoms with E-state index in [1.165, 1.54) is 6.42 Å². The van der Waals surface area contributed by atoms with Gasteiger partial charge in [-0.1, -0.05) is 13.8 Å². The first-order valence-electron chi connectivity index (χ1n) is 6.98. The van der Waals surface area contributed by atoms with E-state index in [1.54, 1.807) is 6.20 Å². The minimum Gasteiger partial charge on any atom is -0.445 e. The molecule has 0 spiro atoms. The fraction of sp³-hybridized carbons (Fsp3) is 0.786. The van der Waals surface area contributed by atoms with Crippen LogP contribution in [0.1, 0.15) is 31.9 Å². The molecule has 1 fully saturated rings. The lowest BCUT2D eigenvalue weighted by atomic mass is 10.1. The van der Waals surface area contributed by atoms with Crippen molar-refractivity contribution in [1.29, 1.82) is 0 Å². The molecule has 1 atom stereocenters. The van der Waals surface area contributed by atoms with Crippen LogP contribution in [0.25, 0.3) is 0 Å². The van der Waals surface area contributed by atoms with Gasteiger partial charge in [-0.05, 0) is 44.8 Å². The van der Waals surface area contributed by atoms with Gasteiger partial charge < -0.3 is 9.73 Å². The molecular weight excluding hydrogens is 226 g/mol. The highest BCUT2D eigenvalue weighted by atomic mass is 16.4. The Labute approximate surface area is 110 Å². The molecule has 2 heterocycles. The Morgan fingerprint density at radius 1 is 1.56 bits per heavy atom. The average molecular weight is 251 g/mol. The molecule has 4 nitrogen and oxygen atoms in total. The number of rotatable bonds is 6. The molecule has 0 aliphatic carbocycles. The maximum absolute atomic E-state index is 5.52. The van der Waals surface area contributed by atoms with Gasteiger partial charge in [0, 0.05) is 6.54 Å². The summed E-state index contributed by atoms with van der Waals surface area (Å²) in [6, 6.07) is 0. The molecule has 2 rings (SSSR count). The van der Waals surface area contributed by atoms with Gasteiger partial charge in [0.15, 0.2) is 0 Å². The van der Waals surface area contributed by atoms with Crippen LogP contribution in [0, 0.1) is 18.8 Å². The van der Waals surface area contributed by atoms with Crippen LogP contribution >= 0.6 is 0 Å². The Bertz CT molecular complexity index is 362. The summed E-state index contributed by atoms with van der Waals surface area (Å²) in [7, 11) is 0. The highest BCUT2D eigenvalue weighted by Crippen LogP contribution is 2.18. The second-order valence-electron chi connectivity index (χ2n) is 5.81. The number of aryl methyl sites for hydroxylation is 1. The van der Waals surface area contributed by atoms with Crippen molar-refractivity contribution in [3.05, 3.63) is 17.8 Å². The first-order valence-corrected chi connectivity index (χ1v) is 6.98. The third kappa shape index (κ3) is 4.10. The lowest BCUT2D eigenvalue weighted by molar-refractivity contribution is 0.276. The second kappa shape index (κ2) is 6.34. The number of hydrogen-bond acceptors (Lipinski definition) is 4. The van der Waals surface area contributed by atoms with Crippen LogP contribution in [-0.2, 0) is 6.54 Å². The van der Waals surface area contributed by atoms with Crippen molar-refractivity contribution < 1.29 is 4.42 Å². The number of nitrogens with one attached hydrogen (secondary N) is 1. The normalized spacial score (nSPS) is 21.0. The van der Waals surface area contributed by atoms with Gasteiger partial charge in [0.2, 0.25) is 5.89 Å². The number of likely N-dealkylation sites (tertiary alicyclic amines) is 1. The zero-order valence-electron chi connectivity index (χ0n) is 11.8. The minimum atomic E-state index is 0.734. The maximum atomic E-state index is 5.52. The molecule has 1 unspecified atom stereocenters. The molecule has 0 aromatic carbocycles. The third-order valence-corrected chi connectivity index (χ3v) is 3.38. The van der Waals surface area contributed by atoms with Crippen molar-refractivity contribution in [1.82, 2.24) is 15.2 Å². The van der Waals surface area contributed by atoms with Crippen LogP contribution in [0.15, 0.2) is 10.6 Å². The number of hydrogen-bond donors (Lipinski definition) is 1. The van der Waals surface area contributed by atoms with Gasteiger partial charge in [0.25, 0.3) is 0 Å². The molecule has 0 bridgehead atoms. The van der Waals surface area contributed by atoms with E-state index >= 15 is 0 Å². The average Bonchev–Trinajstić information content (AvgIpc) is 2.89. The summed E-state index contributed by atoms with van der Waals surface area (Å²) >= 11 is 0. The van der Waals surface area contributed by atoms with Gasteiger partial charge in [-0.3, -0.25) is 4.90 Å². The molecule has 1 saturated heterocycles. The molecule has 1 N–H and O–H groups in total. The summed E-state index contributed by atoms with van der Waals surface area (Å²) in [6.45, 7) is 11.9. The van der Waals surface area contributed by atoms with Crippen LogP contribution < -0.4 is 5.32 Å². The molecule has 0 amide bonds. The molecule has 18 heavy (non-hydrogen) atoms. The summed E-state index contributed by atoms with van der Waals surface area (Å²) < 4.78 is 5.52. The highest BCUT2D eigenvalue weighted by molar-refractivity contribution is 4.91. The number of nitrogens with zero attached hydrogens (tertiary/aromatic N) is 2. The Hall–Kier alpha value is -0.870. The van der Waals surface area contributed by atoms with E-state index in [1.807, 2.05) is 6.92 Å². The van der Waals surface area contributed by atoms with Crippen LogP contribution in [0.3, 0.4) is 0 Å². The Kier molecular flexibility index (Phi) is 4.78. The van der Waals surface area contributed by atoms with Crippen molar-refractivity contribution in [2.24, 2.45) is 11.8 Å². The lowest BCUT2D eigenvalue weighted by Crippen LogP contribution is -2.28. The largest absolute Gasteiger partial charge is 0.445 e. The van der Waals surface area contributed by atoms with Crippen LogP contribution in [-0.4, -0.2) is 36.1 Å². The zero-order valence-corrected chi connectivity index (χ0v) is 11.8. The molecule has 102 valence electrons. The van der Waals surface area contributed by atoms with Gasteiger partial charge in [-0.2, -0.15) is 0 Å². The predicted octanol–water partition coefficient (Wildman–Crippen LogP) is 2.05. The SMILES string of the molecule is Cc1cnc(CN2CCC(CNCC(C)C)C2)o1. The summed E-state index contributed by atoms with van der Waals surface area (Å²) in [5, 5.41) is 3.55. The van der Waals surface area contributed by atoms with E-state index in [-0.39, 0.29) is 0 Å². The zero-order chi connectivity index (χ0) is 13.0. The van der Waals surface area contributed by atoms with Crippen molar-refractivity contribution in [3.8, 4) is 0 Å². The predicted molar refractivity (Wildman–Crippen MR) is 72.3 cm³/mol. The molecule has 1 aliphatic rings. The fourth-order valence-corrected chi connectivity index (χ4v) is 2.47. The molecule has 4 heteroatoms. The Morgan fingerprint density at radius 3 is 3.06 bits per heavy atom. The van der Waals surface area contributed by atoms with Gasteiger partial charge in [0.1, 0.15) is 5.76 Å². The van der Waals surface area contributed by atoms with E-state index in [2.05, 4.69) is 29.0 Å². The Balaban J connectivity index is 1.68. The van der Waals surface area contributed by atoms with Crippen molar-refractivity contribution in [2.45, 2.75) is 33.7 Å². The van der Waals surface area contributed by atoms with Crippen LogP contribution in [0.4, 0.5) is 0 Å². The van der Waals surface area contributed by atoms with Gasteiger partial charge in [0.05, 0.1) is 12.7 Å². The van der Waals surface area contributed by atoms with E-state index in [0.29, 0.717) is 0 Å². The second-order valence-corrected chi connectivity index (χ2v) is 5.81. The van der Waals surface area contributed by atoms with E-state index in [4.69, 9.17) is 4.42 Å². The first kappa shape index (κ1) is 13.6. The minimum absolute atomic E-state index is 0.734.